The number of hydrogen-bond donors (Lipinski definition) is 2. The van der Waals surface area contributed by atoms with Crippen molar-refractivity contribution in [3.05, 3.63) is 30.0 Å². The van der Waals surface area contributed by atoms with E-state index in [9.17, 15) is 9.59 Å². The lowest BCUT2D eigenvalue weighted by Crippen LogP contribution is -2.41. The van der Waals surface area contributed by atoms with E-state index in [-0.39, 0.29) is 11.7 Å². The van der Waals surface area contributed by atoms with Gasteiger partial charge in [-0.05, 0) is 19.1 Å². The van der Waals surface area contributed by atoms with Crippen LogP contribution in [0.2, 0.25) is 0 Å². The van der Waals surface area contributed by atoms with E-state index in [1.54, 1.807) is 0 Å². The maximum atomic E-state index is 11.1. The number of aryl methyl sites for hydroxylation is 1. The zero-order valence-corrected chi connectivity index (χ0v) is 12.5. The van der Waals surface area contributed by atoms with Gasteiger partial charge in [-0.2, -0.15) is 0 Å². The minimum absolute atomic E-state index is 0.197. The van der Waals surface area contributed by atoms with Crippen LogP contribution in [0.4, 0.5) is 0 Å². The molecule has 1 aromatic carbocycles. The Labute approximate surface area is 126 Å². The second-order valence-electron chi connectivity index (χ2n) is 4.51. The van der Waals surface area contributed by atoms with Gasteiger partial charge >= 0.3 is 5.97 Å². The third-order valence-corrected chi connectivity index (χ3v) is 3.92. The highest BCUT2D eigenvalue weighted by atomic mass is 32.2. The number of amides is 1. The Morgan fingerprint density at radius 1 is 1.29 bits per heavy atom. The van der Waals surface area contributed by atoms with Crippen LogP contribution in [0.15, 0.2) is 29.3 Å². The van der Waals surface area contributed by atoms with Crippen LogP contribution >= 0.6 is 11.8 Å². The Kier molecular flexibility index (Phi) is 4.74. The molecule has 21 heavy (non-hydrogen) atoms. The zero-order chi connectivity index (χ0) is 15.4. The summed E-state index contributed by atoms with van der Waals surface area (Å²) in [5, 5.41) is 12.1. The van der Waals surface area contributed by atoms with E-state index in [0.717, 1.165) is 16.7 Å². The SMILES string of the molecule is CC(=O)NC(CSc1nc2ccccc2nc1C)C(=O)O. The number of aromatic nitrogens is 2. The summed E-state index contributed by atoms with van der Waals surface area (Å²) >= 11 is 1.27. The van der Waals surface area contributed by atoms with Gasteiger partial charge in [-0.1, -0.05) is 12.1 Å². The van der Waals surface area contributed by atoms with Crippen molar-refractivity contribution in [2.45, 2.75) is 24.9 Å². The molecule has 1 heterocycles. The molecule has 7 heteroatoms. The van der Waals surface area contributed by atoms with Gasteiger partial charge in [0.05, 0.1) is 16.7 Å². The maximum Gasteiger partial charge on any atom is 0.327 e. The molecule has 0 aliphatic heterocycles. The maximum absolute atomic E-state index is 11.1. The fraction of sp³-hybridized carbons (Fsp3) is 0.286. The molecule has 0 radical (unpaired) electrons. The fourth-order valence-corrected chi connectivity index (χ4v) is 2.76. The molecule has 2 aromatic rings. The van der Waals surface area contributed by atoms with Gasteiger partial charge in [-0.3, -0.25) is 4.79 Å². The number of aliphatic carboxylic acids is 1. The molecule has 0 saturated carbocycles. The Morgan fingerprint density at radius 2 is 1.90 bits per heavy atom. The molecule has 2 N–H and O–H groups in total. The van der Waals surface area contributed by atoms with Crippen LogP contribution < -0.4 is 5.32 Å². The molecule has 1 atom stereocenters. The standard InChI is InChI=1S/C14H15N3O3S/c1-8-13(17-11-6-4-3-5-10(11)15-8)21-7-12(14(19)20)16-9(2)18/h3-6,12H,7H2,1-2H3,(H,16,18)(H,19,20). The number of benzene rings is 1. The number of nitrogens with one attached hydrogen (secondary N) is 1. The van der Waals surface area contributed by atoms with E-state index in [0.29, 0.717) is 5.03 Å². The van der Waals surface area contributed by atoms with Gasteiger partial charge in [-0.15, -0.1) is 11.8 Å². The third kappa shape index (κ3) is 3.91. The third-order valence-electron chi connectivity index (χ3n) is 2.76. The van der Waals surface area contributed by atoms with Crippen LogP contribution in [0.1, 0.15) is 12.6 Å². The Hall–Kier alpha value is -2.15. The first-order chi connectivity index (χ1) is 9.97. The summed E-state index contributed by atoms with van der Waals surface area (Å²) in [6.45, 7) is 3.12. The van der Waals surface area contributed by atoms with Gasteiger partial charge in [0.2, 0.25) is 5.91 Å². The van der Waals surface area contributed by atoms with Crippen molar-refractivity contribution in [2.75, 3.05) is 5.75 Å². The molecule has 110 valence electrons. The first-order valence-electron chi connectivity index (χ1n) is 6.33. The molecule has 0 saturated heterocycles. The van der Waals surface area contributed by atoms with Crippen molar-refractivity contribution in [3.63, 3.8) is 0 Å². The van der Waals surface area contributed by atoms with E-state index >= 15 is 0 Å². The zero-order valence-electron chi connectivity index (χ0n) is 11.7. The van der Waals surface area contributed by atoms with Crippen molar-refractivity contribution in [1.82, 2.24) is 15.3 Å². The highest BCUT2D eigenvalue weighted by molar-refractivity contribution is 7.99. The predicted molar refractivity (Wildman–Crippen MR) is 80.2 cm³/mol. The van der Waals surface area contributed by atoms with E-state index in [1.807, 2.05) is 31.2 Å². The van der Waals surface area contributed by atoms with Crippen LogP contribution in [-0.2, 0) is 9.59 Å². The molecule has 0 spiro atoms. The second-order valence-corrected chi connectivity index (χ2v) is 5.51. The average Bonchev–Trinajstić information content (AvgIpc) is 2.42. The van der Waals surface area contributed by atoms with Crippen molar-refractivity contribution in [1.29, 1.82) is 0 Å². The van der Waals surface area contributed by atoms with E-state index in [2.05, 4.69) is 15.3 Å². The van der Waals surface area contributed by atoms with E-state index in [1.165, 1.54) is 18.7 Å². The molecular formula is C14H15N3O3S. The fourth-order valence-electron chi connectivity index (χ4n) is 1.79. The van der Waals surface area contributed by atoms with E-state index in [4.69, 9.17) is 5.11 Å². The molecule has 0 aliphatic carbocycles. The lowest BCUT2D eigenvalue weighted by molar-refractivity contribution is -0.140. The first-order valence-corrected chi connectivity index (χ1v) is 7.32. The smallest absolute Gasteiger partial charge is 0.327 e. The predicted octanol–water partition coefficient (Wildman–Crippen LogP) is 1.62. The monoisotopic (exact) mass is 305 g/mol. The highest BCUT2D eigenvalue weighted by Crippen LogP contribution is 2.22. The number of carboxylic acid groups (broad SMARTS) is 1. The number of thioether (sulfide) groups is 1. The lowest BCUT2D eigenvalue weighted by atomic mass is 10.3. The molecule has 1 aromatic heterocycles. The van der Waals surface area contributed by atoms with Crippen molar-refractivity contribution in [3.8, 4) is 0 Å². The lowest BCUT2D eigenvalue weighted by Gasteiger charge is -2.13. The van der Waals surface area contributed by atoms with Crippen LogP contribution in [0, 0.1) is 6.92 Å². The van der Waals surface area contributed by atoms with Gasteiger partial charge in [0.1, 0.15) is 11.1 Å². The minimum atomic E-state index is -1.07. The number of rotatable bonds is 5. The summed E-state index contributed by atoms with van der Waals surface area (Å²) < 4.78 is 0. The summed E-state index contributed by atoms with van der Waals surface area (Å²) in [6, 6.07) is 6.55. The summed E-state index contributed by atoms with van der Waals surface area (Å²) in [7, 11) is 0. The topological polar surface area (TPSA) is 92.2 Å². The van der Waals surface area contributed by atoms with Crippen LogP contribution in [0.5, 0.6) is 0 Å². The number of carbonyl (C=O) groups excluding carboxylic acids is 1. The van der Waals surface area contributed by atoms with Crippen molar-refractivity contribution in [2.24, 2.45) is 0 Å². The molecule has 2 rings (SSSR count). The second kappa shape index (κ2) is 6.53. The summed E-state index contributed by atoms with van der Waals surface area (Å²) in [5.74, 6) is -1.24. The highest BCUT2D eigenvalue weighted by Gasteiger charge is 2.19. The molecular weight excluding hydrogens is 290 g/mol. The van der Waals surface area contributed by atoms with Gasteiger partial charge < -0.3 is 10.4 Å². The molecule has 0 aliphatic rings. The minimum Gasteiger partial charge on any atom is -0.480 e. The number of fused-ring (bicyclic) bond motifs is 1. The van der Waals surface area contributed by atoms with Crippen molar-refractivity contribution < 1.29 is 14.7 Å². The quantitative estimate of drug-likeness (QED) is 0.816. The number of nitrogens with zero attached hydrogens (tertiary/aromatic N) is 2. The number of hydrogen-bond acceptors (Lipinski definition) is 5. The Balaban J connectivity index is 2.17. The summed E-state index contributed by atoms with van der Waals surface area (Å²) in [4.78, 5) is 31.0. The Bertz CT molecular complexity index is 690. The molecule has 6 nitrogen and oxygen atoms in total. The summed E-state index contributed by atoms with van der Waals surface area (Å²) in [5.41, 5.74) is 2.30. The molecule has 0 fully saturated rings. The average molecular weight is 305 g/mol. The first kappa shape index (κ1) is 15.2. The number of carbonyl (C=O) groups is 2. The van der Waals surface area contributed by atoms with Gasteiger partial charge in [0.15, 0.2) is 0 Å². The molecule has 0 bridgehead atoms. The van der Waals surface area contributed by atoms with Crippen molar-refractivity contribution >= 4 is 34.7 Å². The Morgan fingerprint density at radius 3 is 2.48 bits per heavy atom. The van der Waals surface area contributed by atoms with Crippen LogP contribution in [-0.4, -0.2) is 38.7 Å². The van der Waals surface area contributed by atoms with Crippen LogP contribution in [0.25, 0.3) is 11.0 Å². The largest absolute Gasteiger partial charge is 0.480 e. The van der Waals surface area contributed by atoms with Gasteiger partial charge in [0.25, 0.3) is 0 Å². The van der Waals surface area contributed by atoms with Crippen LogP contribution in [0.3, 0.4) is 0 Å². The normalized spacial score (nSPS) is 12.1. The number of para-hydroxylation sites is 2. The molecule has 1 unspecified atom stereocenters. The van der Waals surface area contributed by atoms with E-state index < -0.39 is 12.0 Å². The molecule has 1 amide bonds. The van der Waals surface area contributed by atoms with Gasteiger partial charge in [0, 0.05) is 12.7 Å². The summed E-state index contributed by atoms with van der Waals surface area (Å²) in [6.07, 6.45) is 0. The number of carboxylic acids is 1. The van der Waals surface area contributed by atoms with Gasteiger partial charge in [-0.25, -0.2) is 14.8 Å².